The van der Waals surface area contributed by atoms with Crippen LogP contribution in [0.2, 0.25) is 0 Å². The Balaban J connectivity index is 1.23. The lowest BCUT2D eigenvalue weighted by atomic mass is 9.87. The Bertz CT molecular complexity index is 2480. The van der Waals surface area contributed by atoms with Crippen LogP contribution in [0.1, 0.15) is 92.4 Å². The molecule has 4 amide bonds. The van der Waals surface area contributed by atoms with Crippen LogP contribution in [0, 0.1) is 17.8 Å². The molecule has 3 saturated heterocycles. The summed E-state index contributed by atoms with van der Waals surface area (Å²) >= 11 is 0. The predicted octanol–water partition coefficient (Wildman–Crippen LogP) is 4.22. The van der Waals surface area contributed by atoms with Gasteiger partial charge < -0.3 is 34.6 Å². The molecule has 372 valence electrons. The van der Waals surface area contributed by atoms with E-state index in [1.165, 1.54) is 16.3 Å². The minimum atomic E-state index is -4.94. The molecule has 4 heterocycles. The number of pyridine rings is 1. The van der Waals surface area contributed by atoms with Crippen molar-refractivity contribution >= 4 is 60.3 Å². The fourth-order valence-electron chi connectivity index (χ4n) is 9.54. The number of ether oxygens (including phenoxy) is 3. The molecule has 67 heavy (non-hydrogen) atoms. The van der Waals surface area contributed by atoms with Crippen molar-refractivity contribution in [2.24, 2.45) is 17.8 Å². The molecule has 18 nitrogen and oxygen atoms in total. The summed E-state index contributed by atoms with van der Waals surface area (Å²) in [6.45, 7) is 7.55. The number of hydrogen-bond acceptors (Lipinski definition) is 13. The van der Waals surface area contributed by atoms with Crippen LogP contribution in [-0.2, 0) is 39.2 Å². The SMILES string of the molecule is COc1ccc2c(O[C@@H]3C[C@H]4C(=O)N[C@]5(C(=O)NS(=O)(=O)C6(C)CC6)C[C@H]5CCCC[C@@H](C)C[C@@H](C)[C@H](NC(=O)OC(C)(C)C(F)(F)F)C(=O)N4C3)ncc(N3CCN(S(C)(=O)=O)CC3)c2c1. The number of anilines is 1. The van der Waals surface area contributed by atoms with Gasteiger partial charge in [-0.2, -0.15) is 17.5 Å². The van der Waals surface area contributed by atoms with Gasteiger partial charge in [0.2, 0.25) is 43.3 Å². The number of sulfonamides is 2. The number of nitrogens with zero attached hydrogens (tertiary/aromatic N) is 4. The van der Waals surface area contributed by atoms with Crippen LogP contribution in [0.5, 0.6) is 11.6 Å². The van der Waals surface area contributed by atoms with Crippen molar-refractivity contribution in [3.05, 3.63) is 24.4 Å². The molecule has 1 aromatic carbocycles. The van der Waals surface area contributed by atoms with Crippen LogP contribution >= 0.6 is 0 Å². The molecule has 0 unspecified atom stereocenters. The smallest absolute Gasteiger partial charge is 0.427 e. The van der Waals surface area contributed by atoms with Gasteiger partial charge in [0.1, 0.15) is 29.5 Å². The molecule has 0 radical (unpaired) electrons. The van der Waals surface area contributed by atoms with Gasteiger partial charge in [-0.3, -0.25) is 19.1 Å². The van der Waals surface area contributed by atoms with Gasteiger partial charge in [-0.05, 0) is 88.8 Å². The van der Waals surface area contributed by atoms with Crippen molar-refractivity contribution in [1.29, 1.82) is 0 Å². The third-order valence-electron chi connectivity index (χ3n) is 14.3. The minimum absolute atomic E-state index is 0.0220. The Kier molecular flexibility index (Phi) is 13.8. The highest BCUT2D eigenvalue weighted by molar-refractivity contribution is 7.91. The van der Waals surface area contributed by atoms with E-state index in [1.54, 1.807) is 38.2 Å². The van der Waals surface area contributed by atoms with Crippen molar-refractivity contribution in [1.82, 2.24) is 29.5 Å². The second-order valence-electron chi connectivity index (χ2n) is 19.9. The summed E-state index contributed by atoms with van der Waals surface area (Å²) in [5.74, 6) is -2.90. The van der Waals surface area contributed by atoms with E-state index in [4.69, 9.17) is 14.2 Å². The highest BCUT2D eigenvalue weighted by atomic mass is 32.2. The Morgan fingerprint density at radius 3 is 2.27 bits per heavy atom. The first-order valence-electron chi connectivity index (χ1n) is 22.8. The summed E-state index contributed by atoms with van der Waals surface area (Å²) in [6, 6.07) is 2.40. The van der Waals surface area contributed by atoms with Gasteiger partial charge in [0.25, 0.3) is 5.91 Å². The van der Waals surface area contributed by atoms with Crippen molar-refractivity contribution in [3.63, 3.8) is 0 Å². The number of aromatic nitrogens is 1. The number of halogens is 3. The van der Waals surface area contributed by atoms with Crippen LogP contribution in [-0.4, -0.2) is 141 Å². The average molecular weight is 986 g/mol. The zero-order valence-electron chi connectivity index (χ0n) is 38.9. The van der Waals surface area contributed by atoms with E-state index in [1.807, 2.05) is 11.8 Å². The van der Waals surface area contributed by atoms with E-state index in [0.29, 0.717) is 94.1 Å². The Labute approximate surface area is 389 Å². The normalized spacial score (nSPS) is 28.8. The predicted molar refractivity (Wildman–Crippen MR) is 240 cm³/mol. The van der Waals surface area contributed by atoms with Crippen molar-refractivity contribution < 1.29 is 63.4 Å². The van der Waals surface area contributed by atoms with Gasteiger partial charge in [0.05, 0.1) is 36.5 Å². The van der Waals surface area contributed by atoms with Gasteiger partial charge in [-0.15, -0.1) is 0 Å². The number of nitrogens with one attached hydrogen (secondary N) is 3. The Morgan fingerprint density at radius 2 is 1.64 bits per heavy atom. The molecular formula is C44H62F3N7O11S2. The number of piperazine rings is 1. The van der Waals surface area contributed by atoms with E-state index >= 15 is 0 Å². The third-order valence-corrected chi connectivity index (χ3v) is 17.8. The number of alkyl carbamates (subject to hydrolysis) is 1. The molecule has 5 aliphatic rings. The van der Waals surface area contributed by atoms with E-state index < -0.39 is 95.9 Å². The monoisotopic (exact) mass is 985 g/mol. The molecule has 23 heteroatoms. The van der Waals surface area contributed by atoms with Crippen LogP contribution in [0.4, 0.5) is 23.7 Å². The molecule has 7 atom stereocenters. The van der Waals surface area contributed by atoms with Crippen LogP contribution < -0.4 is 29.7 Å². The van der Waals surface area contributed by atoms with Crippen LogP contribution in [0.25, 0.3) is 10.8 Å². The Hall–Kier alpha value is -4.64. The number of alkyl halides is 3. The first-order chi connectivity index (χ1) is 31.2. The van der Waals surface area contributed by atoms with Crippen LogP contribution in [0.15, 0.2) is 24.4 Å². The number of fused-ring (bicyclic) bond motifs is 3. The molecule has 0 bridgehead atoms. The number of benzene rings is 1. The summed E-state index contributed by atoms with van der Waals surface area (Å²) in [5, 5.41) is 6.45. The zero-order valence-corrected chi connectivity index (χ0v) is 40.5. The lowest BCUT2D eigenvalue weighted by molar-refractivity contribution is -0.244. The first-order valence-corrected chi connectivity index (χ1v) is 26.1. The number of carbonyl (C=O) groups excluding carboxylic acids is 4. The van der Waals surface area contributed by atoms with Crippen molar-refractivity contribution in [2.75, 3.05) is 51.0 Å². The fourth-order valence-corrected chi connectivity index (χ4v) is 11.7. The van der Waals surface area contributed by atoms with Crippen molar-refractivity contribution in [2.45, 2.75) is 133 Å². The molecule has 5 fully saturated rings. The van der Waals surface area contributed by atoms with Crippen molar-refractivity contribution in [3.8, 4) is 11.6 Å². The molecule has 2 aliphatic carbocycles. The molecule has 7 rings (SSSR count). The van der Waals surface area contributed by atoms with Crippen LogP contribution in [0.3, 0.4) is 0 Å². The van der Waals surface area contributed by atoms with E-state index in [-0.39, 0.29) is 44.3 Å². The quantitative estimate of drug-likeness (QED) is 0.304. The summed E-state index contributed by atoms with van der Waals surface area (Å²) < 4.78 is 112. The second-order valence-corrected chi connectivity index (χ2v) is 24.0. The van der Waals surface area contributed by atoms with E-state index in [9.17, 15) is 49.2 Å². The maximum absolute atomic E-state index is 15.0. The van der Waals surface area contributed by atoms with Gasteiger partial charge in [0, 0.05) is 43.4 Å². The molecular weight excluding hydrogens is 924 g/mol. The largest absolute Gasteiger partial charge is 0.497 e. The van der Waals surface area contributed by atoms with Gasteiger partial charge >= 0.3 is 12.3 Å². The lowest BCUT2D eigenvalue weighted by Crippen LogP contribution is -2.59. The molecule has 2 aromatic rings. The Morgan fingerprint density at radius 1 is 0.970 bits per heavy atom. The minimum Gasteiger partial charge on any atom is -0.497 e. The highest BCUT2D eigenvalue weighted by Gasteiger charge is 2.63. The molecule has 1 aromatic heterocycles. The average Bonchev–Trinajstić information content (AvgIpc) is 4.13. The topological polar surface area (TPSA) is 223 Å². The van der Waals surface area contributed by atoms with Gasteiger partial charge in [-0.25, -0.2) is 26.6 Å². The molecule has 3 aliphatic heterocycles. The number of methoxy groups -OCH3 is 1. The summed E-state index contributed by atoms with van der Waals surface area (Å²) in [4.78, 5) is 65.0. The first kappa shape index (κ1) is 50.2. The highest BCUT2D eigenvalue weighted by Crippen LogP contribution is 2.49. The third kappa shape index (κ3) is 10.5. The maximum atomic E-state index is 15.0. The number of amides is 4. The zero-order chi connectivity index (χ0) is 49.1. The fraction of sp³-hybridized carbons (Fsp3) is 0.705. The van der Waals surface area contributed by atoms with Gasteiger partial charge in [-0.1, -0.05) is 33.1 Å². The summed E-state index contributed by atoms with van der Waals surface area (Å²) in [5.41, 5.74) is -3.83. The maximum Gasteiger partial charge on any atom is 0.427 e. The molecule has 3 N–H and O–H groups in total. The summed E-state index contributed by atoms with van der Waals surface area (Å²) in [7, 11) is -5.99. The summed E-state index contributed by atoms with van der Waals surface area (Å²) in [6.07, 6.45) is -0.999. The second kappa shape index (κ2) is 18.4. The molecule has 0 spiro atoms. The number of carbonyl (C=O) groups is 4. The van der Waals surface area contributed by atoms with E-state index in [2.05, 4.69) is 20.3 Å². The van der Waals surface area contributed by atoms with E-state index in [0.717, 1.165) is 6.26 Å². The van der Waals surface area contributed by atoms with Gasteiger partial charge in [0.15, 0.2) is 0 Å². The number of hydrogen-bond donors (Lipinski definition) is 3. The standard InChI is InChI=1S/C44H62F3N7O11S2/c1-26-10-8-9-11-28-23-43(28,39(57)51-67(61,62)42(5)14-15-42)50-36(55)33-22-30(25-54(33)38(56)35(27(2)20-26)49-40(58)65-41(3,4)44(45,46)47)64-37-31-13-12-29(63-6)21-32(31)34(24-48-37)52-16-18-53(19-17-52)66(7,59)60/h12-13,21,24,26-28,30,33,35H,8-11,14-20,22-23,25H2,1-7H3,(H,49,58)(H,50,55)(H,51,57)/t26-,27-,28-,30-,33+,35+,43-/m1/s1. The number of rotatable bonds is 10. The lowest BCUT2D eigenvalue weighted by Gasteiger charge is -2.35. The molecule has 2 saturated carbocycles.